The third-order valence-corrected chi connectivity index (χ3v) is 1.15. The Morgan fingerprint density at radius 1 is 1.27 bits per heavy atom. The summed E-state index contributed by atoms with van der Waals surface area (Å²) in [6.45, 7) is 2.93. The minimum Gasteiger partial charge on any atom is -0.352 e. The normalized spacial score (nSPS) is 9.55. The average Bonchev–Trinajstić information content (AvgIpc) is 1.96. The van der Waals surface area contributed by atoms with Crippen molar-refractivity contribution in [2.45, 2.75) is 6.42 Å². The van der Waals surface area contributed by atoms with Crippen molar-refractivity contribution in [1.29, 1.82) is 0 Å². The summed E-state index contributed by atoms with van der Waals surface area (Å²) in [6, 6.07) is -0.469. The molecule has 0 saturated carbocycles. The fourth-order valence-corrected chi connectivity index (χ4v) is 0.652. The van der Waals surface area contributed by atoms with Crippen molar-refractivity contribution in [2.24, 2.45) is 11.5 Å². The van der Waals surface area contributed by atoms with Gasteiger partial charge >= 0.3 is 6.03 Å². The lowest BCUT2D eigenvalue weighted by Gasteiger charge is -2.02. The van der Waals surface area contributed by atoms with Gasteiger partial charge in [0, 0.05) is 19.6 Å². The summed E-state index contributed by atoms with van der Waals surface area (Å²) in [4.78, 5) is 10.2. The largest absolute Gasteiger partial charge is 0.352 e. The Morgan fingerprint density at radius 2 is 2.00 bits per heavy atom. The van der Waals surface area contributed by atoms with E-state index in [-0.39, 0.29) is 0 Å². The smallest absolute Gasteiger partial charge is 0.312 e. The maximum absolute atomic E-state index is 10.2. The molecule has 0 aromatic heterocycles. The van der Waals surface area contributed by atoms with Crippen LogP contribution in [0.5, 0.6) is 0 Å². The molecule has 0 aliphatic heterocycles. The summed E-state index contributed by atoms with van der Waals surface area (Å²) >= 11 is 0. The highest BCUT2D eigenvalue weighted by molar-refractivity contribution is 5.71. The van der Waals surface area contributed by atoms with Crippen LogP contribution in [0.2, 0.25) is 0 Å². The van der Waals surface area contributed by atoms with E-state index in [1.54, 1.807) is 0 Å². The zero-order valence-electron chi connectivity index (χ0n) is 6.60. The van der Waals surface area contributed by atoms with E-state index in [1.807, 2.05) is 0 Å². The van der Waals surface area contributed by atoms with Crippen LogP contribution in [0.15, 0.2) is 0 Å². The van der Waals surface area contributed by atoms with Crippen LogP contribution < -0.4 is 22.1 Å². The molecular formula is C6H16N4O. The molecule has 0 fully saturated rings. The summed E-state index contributed by atoms with van der Waals surface area (Å²) < 4.78 is 0. The number of hydrogen-bond acceptors (Lipinski definition) is 3. The minimum atomic E-state index is -0.469. The number of nitrogens with one attached hydrogen (secondary N) is 2. The molecule has 0 unspecified atom stereocenters. The topological polar surface area (TPSA) is 93.2 Å². The number of amides is 2. The van der Waals surface area contributed by atoms with Crippen molar-refractivity contribution in [3.05, 3.63) is 0 Å². The van der Waals surface area contributed by atoms with Gasteiger partial charge in [0.25, 0.3) is 0 Å². The van der Waals surface area contributed by atoms with Gasteiger partial charge in [0.05, 0.1) is 0 Å². The van der Waals surface area contributed by atoms with Gasteiger partial charge in [-0.1, -0.05) is 0 Å². The minimum absolute atomic E-state index is 0.469. The number of nitrogens with two attached hydrogens (primary N) is 2. The molecule has 11 heavy (non-hydrogen) atoms. The van der Waals surface area contributed by atoms with Crippen molar-refractivity contribution in [3.63, 3.8) is 0 Å². The number of primary amides is 1. The van der Waals surface area contributed by atoms with E-state index in [2.05, 4.69) is 10.6 Å². The van der Waals surface area contributed by atoms with Gasteiger partial charge in [-0.3, -0.25) is 0 Å². The summed E-state index contributed by atoms with van der Waals surface area (Å²) in [5.74, 6) is 0. The number of urea groups is 1. The van der Waals surface area contributed by atoms with Crippen LogP contribution >= 0.6 is 0 Å². The van der Waals surface area contributed by atoms with Gasteiger partial charge in [0.2, 0.25) is 0 Å². The number of carbonyl (C=O) groups is 1. The van der Waals surface area contributed by atoms with Gasteiger partial charge in [-0.05, 0) is 13.0 Å². The van der Waals surface area contributed by atoms with Gasteiger partial charge in [-0.25, -0.2) is 4.79 Å². The van der Waals surface area contributed by atoms with E-state index in [0.717, 1.165) is 19.5 Å². The molecule has 0 aromatic carbocycles. The van der Waals surface area contributed by atoms with Crippen LogP contribution in [0.1, 0.15) is 6.42 Å². The molecule has 0 heterocycles. The fraction of sp³-hybridized carbons (Fsp3) is 0.833. The molecule has 0 aliphatic carbocycles. The molecule has 66 valence electrons. The van der Waals surface area contributed by atoms with Crippen molar-refractivity contribution in [3.8, 4) is 0 Å². The molecule has 0 bridgehead atoms. The van der Waals surface area contributed by atoms with E-state index in [9.17, 15) is 4.79 Å². The van der Waals surface area contributed by atoms with Crippen LogP contribution in [0.3, 0.4) is 0 Å². The van der Waals surface area contributed by atoms with Gasteiger partial charge < -0.3 is 22.1 Å². The van der Waals surface area contributed by atoms with Gasteiger partial charge in [-0.15, -0.1) is 0 Å². The van der Waals surface area contributed by atoms with Crippen LogP contribution in [0, 0.1) is 0 Å². The van der Waals surface area contributed by atoms with Gasteiger partial charge in [-0.2, -0.15) is 0 Å². The standard InChI is InChI=1S/C6H16N4O/c7-2-5-9-3-1-4-10-6(8)11/h9H,1-5,7H2,(H3,8,10,11). The first kappa shape index (κ1) is 10.2. The highest BCUT2D eigenvalue weighted by Gasteiger charge is 1.89. The van der Waals surface area contributed by atoms with Crippen molar-refractivity contribution in [1.82, 2.24) is 10.6 Å². The predicted molar refractivity (Wildman–Crippen MR) is 44.1 cm³/mol. The molecule has 5 heteroatoms. The summed E-state index contributed by atoms with van der Waals surface area (Å²) in [5, 5.41) is 5.58. The molecular weight excluding hydrogens is 144 g/mol. The Bertz CT molecular complexity index is 107. The van der Waals surface area contributed by atoms with Crippen LogP contribution in [-0.4, -0.2) is 32.2 Å². The highest BCUT2D eigenvalue weighted by Crippen LogP contribution is 1.71. The van der Waals surface area contributed by atoms with Crippen LogP contribution in [0.4, 0.5) is 4.79 Å². The first-order valence-electron chi connectivity index (χ1n) is 3.71. The molecule has 0 saturated heterocycles. The van der Waals surface area contributed by atoms with E-state index >= 15 is 0 Å². The van der Waals surface area contributed by atoms with Crippen molar-refractivity contribution < 1.29 is 4.79 Å². The summed E-state index contributed by atoms with van der Waals surface area (Å²) in [5.41, 5.74) is 10.1. The van der Waals surface area contributed by atoms with E-state index in [1.165, 1.54) is 0 Å². The Labute approximate surface area is 66.5 Å². The number of carbonyl (C=O) groups excluding carboxylic acids is 1. The quantitative estimate of drug-likeness (QED) is 0.360. The number of rotatable bonds is 6. The average molecular weight is 160 g/mol. The third-order valence-electron chi connectivity index (χ3n) is 1.15. The van der Waals surface area contributed by atoms with E-state index in [0.29, 0.717) is 13.1 Å². The molecule has 6 N–H and O–H groups in total. The van der Waals surface area contributed by atoms with Crippen molar-refractivity contribution >= 4 is 6.03 Å². The molecule has 0 aromatic rings. The Balaban J connectivity index is 2.85. The van der Waals surface area contributed by atoms with Crippen molar-refractivity contribution in [2.75, 3.05) is 26.2 Å². The second-order valence-electron chi connectivity index (χ2n) is 2.18. The second-order valence-corrected chi connectivity index (χ2v) is 2.18. The zero-order valence-corrected chi connectivity index (χ0v) is 6.60. The third kappa shape index (κ3) is 9.19. The highest BCUT2D eigenvalue weighted by atomic mass is 16.2. The van der Waals surface area contributed by atoms with Gasteiger partial charge in [0.15, 0.2) is 0 Å². The first-order chi connectivity index (χ1) is 5.27. The molecule has 0 spiro atoms. The van der Waals surface area contributed by atoms with Crippen LogP contribution in [-0.2, 0) is 0 Å². The fourth-order valence-electron chi connectivity index (χ4n) is 0.652. The van der Waals surface area contributed by atoms with E-state index < -0.39 is 6.03 Å². The Morgan fingerprint density at radius 3 is 2.55 bits per heavy atom. The SMILES string of the molecule is NCCNCCCNC(N)=O. The lowest BCUT2D eigenvalue weighted by molar-refractivity contribution is 0.249. The predicted octanol–water partition coefficient (Wildman–Crippen LogP) is -1.41. The molecule has 2 amide bonds. The monoisotopic (exact) mass is 160 g/mol. The maximum Gasteiger partial charge on any atom is 0.312 e. The summed E-state index contributed by atoms with van der Waals surface area (Å²) in [7, 11) is 0. The summed E-state index contributed by atoms with van der Waals surface area (Å²) in [6.07, 6.45) is 0.878. The van der Waals surface area contributed by atoms with Crippen LogP contribution in [0.25, 0.3) is 0 Å². The molecule has 0 radical (unpaired) electrons. The molecule has 0 aliphatic rings. The van der Waals surface area contributed by atoms with E-state index in [4.69, 9.17) is 11.5 Å². The number of hydrogen-bond donors (Lipinski definition) is 4. The lowest BCUT2D eigenvalue weighted by atomic mass is 10.4. The molecule has 0 rings (SSSR count). The first-order valence-corrected chi connectivity index (χ1v) is 3.71. The van der Waals surface area contributed by atoms with Gasteiger partial charge in [0.1, 0.15) is 0 Å². The Hall–Kier alpha value is -0.810. The second kappa shape index (κ2) is 7.30. The zero-order chi connectivity index (χ0) is 8.53. The molecule has 5 nitrogen and oxygen atoms in total. The maximum atomic E-state index is 10.2. The Kier molecular flexibility index (Phi) is 6.76. The lowest BCUT2D eigenvalue weighted by Crippen LogP contribution is -2.32. The molecule has 0 atom stereocenters.